The summed E-state index contributed by atoms with van der Waals surface area (Å²) in [4.78, 5) is 2.94. The fourth-order valence-corrected chi connectivity index (χ4v) is 1.54. The van der Waals surface area contributed by atoms with Crippen LogP contribution in [0.5, 0.6) is 0 Å². The third kappa shape index (κ3) is 2.50. The van der Waals surface area contributed by atoms with E-state index in [-0.39, 0.29) is 0 Å². The van der Waals surface area contributed by atoms with E-state index in [4.69, 9.17) is 5.11 Å². The normalized spacial score (nSPS) is 14.6. The molecule has 0 radical (unpaired) electrons. The van der Waals surface area contributed by atoms with Gasteiger partial charge in [0.05, 0.1) is 0 Å². The highest BCUT2D eigenvalue weighted by atomic mass is 19.4. The second-order valence-electron chi connectivity index (χ2n) is 3.64. The Bertz CT molecular complexity index is 542. The van der Waals surface area contributed by atoms with E-state index < -0.39 is 12.3 Å². The second kappa shape index (κ2) is 4.25. The average molecular weight is 241 g/mol. The molecule has 0 aliphatic heterocycles. The van der Waals surface area contributed by atoms with Gasteiger partial charge in [-0.1, -0.05) is 24.3 Å². The Balaban J connectivity index is 2.27. The molecule has 2 N–H and O–H groups in total. The van der Waals surface area contributed by atoms with Crippen LogP contribution in [0.4, 0.5) is 13.2 Å². The summed E-state index contributed by atoms with van der Waals surface area (Å²) in [5.41, 5.74) is 1.46. The van der Waals surface area contributed by atoms with Crippen LogP contribution < -0.4 is 0 Å². The summed E-state index contributed by atoms with van der Waals surface area (Å²) in [5.74, 6) is 0. The van der Waals surface area contributed by atoms with E-state index in [9.17, 15) is 13.2 Å². The summed E-state index contributed by atoms with van der Waals surface area (Å²) in [7, 11) is 0. The Morgan fingerprint density at radius 2 is 1.94 bits per heavy atom. The van der Waals surface area contributed by atoms with Crippen molar-refractivity contribution in [1.29, 1.82) is 0 Å². The van der Waals surface area contributed by atoms with E-state index in [2.05, 4.69) is 4.98 Å². The highest BCUT2D eigenvalue weighted by Gasteiger charge is 2.36. The van der Waals surface area contributed by atoms with Gasteiger partial charge in [-0.15, -0.1) is 0 Å². The monoisotopic (exact) mass is 241 g/mol. The van der Waals surface area contributed by atoms with Gasteiger partial charge in [0.1, 0.15) is 0 Å². The summed E-state index contributed by atoms with van der Waals surface area (Å²) in [5, 5.41) is 9.65. The number of alkyl halides is 3. The zero-order chi connectivity index (χ0) is 12.5. The molecule has 1 aromatic heterocycles. The van der Waals surface area contributed by atoms with Crippen molar-refractivity contribution >= 4 is 17.0 Å². The number of hydrogen-bond acceptors (Lipinski definition) is 1. The Morgan fingerprint density at radius 1 is 1.24 bits per heavy atom. The molecule has 0 spiro atoms. The lowest BCUT2D eigenvalue weighted by molar-refractivity contribution is -0.187. The van der Waals surface area contributed by atoms with Crippen LogP contribution >= 0.6 is 0 Å². The third-order valence-electron chi connectivity index (χ3n) is 2.41. The molecule has 1 heterocycles. The summed E-state index contributed by atoms with van der Waals surface area (Å²) in [6.45, 7) is 0. The molecule has 0 amide bonds. The fourth-order valence-electron chi connectivity index (χ4n) is 1.54. The average Bonchev–Trinajstić information content (AvgIpc) is 2.68. The maximum atomic E-state index is 12.1. The molecule has 0 fully saturated rings. The zero-order valence-electron chi connectivity index (χ0n) is 8.70. The largest absolute Gasteiger partial charge is 0.417 e. The zero-order valence-corrected chi connectivity index (χ0v) is 8.70. The number of halogens is 3. The first kappa shape index (κ1) is 11.7. The van der Waals surface area contributed by atoms with Crippen LogP contribution in [0.1, 0.15) is 5.56 Å². The Morgan fingerprint density at radius 3 is 2.65 bits per heavy atom. The smallest absolute Gasteiger partial charge is 0.380 e. The lowest BCUT2D eigenvalue weighted by Gasteiger charge is -2.09. The van der Waals surface area contributed by atoms with E-state index >= 15 is 0 Å². The molecular weight excluding hydrogens is 231 g/mol. The number of para-hydroxylation sites is 1. The van der Waals surface area contributed by atoms with Gasteiger partial charge >= 0.3 is 6.18 Å². The highest BCUT2D eigenvalue weighted by Crippen LogP contribution is 2.23. The van der Waals surface area contributed by atoms with Crippen LogP contribution in [0.25, 0.3) is 17.0 Å². The van der Waals surface area contributed by atoms with Crippen molar-refractivity contribution in [2.75, 3.05) is 0 Å². The quantitative estimate of drug-likeness (QED) is 0.832. The Kier molecular flexibility index (Phi) is 2.93. The van der Waals surface area contributed by atoms with Crippen molar-refractivity contribution < 1.29 is 18.3 Å². The van der Waals surface area contributed by atoms with Crippen LogP contribution in [0.2, 0.25) is 0 Å². The van der Waals surface area contributed by atoms with Crippen molar-refractivity contribution in [1.82, 2.24) is 4.98 Å². The number of aromatic amines is 1. The second-order valence-corrected chi connectivity index (χ2v) is 3.64. The van der Waals surface area contributed by atoms with Gasteiger partial charge in [-0.3, -0.25) is 0 Å². The van der Waals surface area contributed by atoms with E-state index in [1.807, 2.05) is 12.1 Å². The number of fused-ring (bicyclic) bond motifs is 1. The first-order chi connectivity index (χ1) is 7.98. The van der Waals surface area contributed by atoms with E-state index in [0.29, 0.717) is 5.56 Å². The van der Waals surface area contributed by atoms with Gasteiger partial charge in [-0.2, -0.15) is 13.2 Å². The molecule has 2 nitrogen and oxygen atoms in total. The number of H-pyrrole nitrogens is 1. The molecule has 0 unspecified atom stereocenters. The summed E-state index contributed by atoms with van der Waals surface area (Å²) < 4.78 is 36.2. The summed E-state index contributed by atoms with van der Waals surface area (Å²) >= 11 is 0. The van der Waals surface area contributed by atoms with Crippen LogP contribution in [-0.2, 0) is 0 Å². The van der Waals surface area contributed by atoms with Gasteiger partial charge in [0, 0.05) is 17.1 Å². The first-order valence-corrected chi connectivity index (χ1v) is 4.97. The molecule has 2 aromatic rings. The topological polar surface area (TPSA) is 36.0 Å². The maximum absolute atomic E-state index is 12.1. The summed E-state index contributed by atoms with van der Waals surface area (Å²) in [6, 6.07) is 7.25. The van der Waals surface area contributed by atoms with Crippen molar-refractivity contribution in [2.45, 2.75) is 12.3 Å². The Labute approximate surface area is 95.4 Å². The molecule has 0 aliphatic rings. The van der Waals surface area contributed by atoms with Gasteiger partial charge in [0.25, 0.3) is 0 Å². The number of aliphatic hydroxyl groups excluding tert-OH is 1. The van der Waals surface area contributed by atoms with E-state index in [0.717, 1.165) is 17.0 Å². The van der Waals surface area contributed by atoms with Crippen LogP contribution in [0, 0.1) is 0 Å². The van der Waals surface area contributed by atoms with Crippen molar-refractivity contribution in [3.05, 3.63) is 42.1 Å². The number of hydrogen-bond donors (Lipinski definition) is 2. The number of aromatic nitrogens is 1. The van der Waals surface area contributed by atoms with Gasteiger partial charge in [0.2, 0.25) is 0 Å². The van der Waals surface area contributed by atoms with E-state index in [1.54, 1.807) is 18.3 Å². The molecule has 1 atom stereocenters. The van der Waals surface area contributed by atoms with Gasteiger partial charge in [0.15, 0.2) is 6.10 Å². The third-order valence-corrected chi connectivity index (χ3v) is 2.41. The maximum Gasteiger partial charge on any atom is 0.417 e. The van der Waals surface area contributed by atoms with Gasteiger partial charge in [-0.05, 0) is 17.7 Å². The standard InChI is InChI=1S/C12H10F3NO/c13-12(14,15)11(17)6-5-8-7-16-10-4-2-1-3-9(8)10/h1-7,11,16-17H/b6-5+/t11-/m1/s1. The lowest BCUT2D eigenvalue weighted by Crippen LogP contribution is -2.25. The SMILES string of the molecule is O[C@H](/C=C/c1c[nH]c2ccccc12)C(F)(F)F. The molecule has 0 aliphatic carbocycles. The van der Waals surface area contributed by atoms with Gasteiger partial charge < -0.3 is 10.1 Å². The fraction of sp³-hybridized carbons (Fsp3) is 0.167. The Hall–Kier alpha value is -1.75. The molecule has 5 heteroatoms. The lowest BCUT2D eigenvalue weighted by atomic mass is 10.1. The molecule has 0 saturated heterocycles. The van der Waals surface area contributed by atoms with Crippen LogP contribution in [0.15, 0.2) is 36.5 Å². The van der Waals surface area contributed by atoms with Crippen LogP contribution in [0.3, 0.4) is 0 Å². The number of nitrogens with one attached hydrogen (secondary N) is 1. The van der Waals surface area contributed by atoms with Gasteiger partial charge in [-0.25, -0.2) is 0 Å². The van der Waals surface area contributed by atoms with Crippen molar-refractivity contribution in [3.8, 4) is 0 Å². The first-order valence-electron chi connectivity index (χ1n) is 4.97. The summed E-state index contributed by atoms with van der Waals surface area (Å²) in [6.07, 6.45) is -3.46. The predicted molar refractivity (Wildman–Crippen MR) is 59.4 cm³/mol. The molecule has 0 bridgehead atoms. The van der Waals surface area contributed by atoms with Crippen LogP contribution in [-0.4, -0.2) is 22.4 Å². The minimum absolute atomic E-state index is 0.615. The minimum Gasteiger partial charge on any atom is -0.380 e. The van der Waals surface area contributed by atoms with Crippen molar-refractivity contribution in [3.63, 3.8) is 0 Å². The molecule has 2 rings (SSSR count). The van der Waals surface area contributed by atoms with Crippen molar-refractivity contribution in [2.24, 2.45) is 0 Å². The number of aliphatic hydroxyl groups is 1. The molecule has 0 saturated carbocycles. The van der Waals surface area contributed by atoms with E-state index in [1.165, 1.54) is 6.08 Å². The molecule has 90 valence electrons. The molecular formula is C12H10F3NO. The minimum atomic E-state index is -4.62. The highest BCUT2D eigenvalue weighted by molar-refractivity contribution is 5.88. The molecule has 1 aromatic carbocycles. The molecule has 17 heavy (non-hydrogen) atoms. The number of benzene rings is 1. The number of rotatable bonds is 2. The predicted octanol–water partition coefficient (Wildman–Crippen LogP) is 3.10.